The Morgan fingerprint density at radius 1 is 1.06 bits per heavy atom. The van der Waals surface area contributed by atoms with Crippen molar-refractivity contribution in [2.75, 3.05) is 12.1 Å². The molecule has 0 radical (unpaired) electrons. The molecule has 3 heterocycles. The first-order chi connectivity index (χ1) is 15.5. The number of aryl methyl sites for hydroxylation is 3. The monoisotopic (exact) mass is 430 g/mol. The number of nitrogens with one attached hydrogen (secondary N) is 1. The minimum atomic E-state index is -0.131. The number of ether oxygens (including phenoxy) is 2. The quantitative estimate of drug-likeness (QED) is 0.501. The number of benzene rings is 2. The summed E-state index contributed by atoms with van der Waals surface area (Å²) in [5.74, 6) is 1.97. The molecule has 1 aliphatic rings. The van der Waals surface area contributed by atoms with Crippen LogP contribution in [0.2, 0.25) is 0 Å². The van der Waals surface area contributed by atoms with Crippen LogP contribution in [0.15, 0.2) is 53.2 Å². The lowest BCUT2D eigenvalue weighted by molar-refractivity contribution is -0.116. The topological polar surface area (TPSA) is 91.4 Å². The highest BCUT2D eigenvalue weighted by molar-refractivity contribution is 5.92. The van der Waals surface area contributed by atoms with Gasteiger partial charge in [-0.25, -0.2) is 0 Å². The van der Waals surface area contributed by atoms with Gasteiger partial charge in [0.15, 0.2) is 11.5 Å². The van der Waals surface area contributed by atoms with Crippen LogP contribution < -0.4 is 14.8 Å². The van der Waals surface area contributed by atoms with E-state index in [4.69, 9.17) is 14.0 Å². The molecule has 0 spiro atoms. The molecule has 8 heteroatoms. The highest BCUT2D eigenvalue weighted by Crippen LogP contribution is 2.35. The van der Waals surface area contributed by atoms with Crippen molar-refractivity contribution >= 4 is 11.6 Å². The Kier molecular flexibility index (Phi) is 4.89. The molecule has 32 heavy (non-hydrogen) atoms. The number of carbonyl (C=O) groups excluding carboxylic acids is 1. The predicted octanol–water partition coefficient (Wildman–Crippen LogP) is 4.50. The Hall–Kier alpha value is -4.07. The molecule has 0 saturated heterocycles. The normalized spacial score (nSPS) is 12.2. The average molecular weight is 430 g/mol. The Morgan fingerprint density at radius 3 is 2.66 bits per heavy atom. The van der Waals surface area contributed by atoms with Crippen LogP contribution in [0.1, 0.15) is 16.7 Å². The van der Waals surface area contributed by atoms with E-state index in [0.717, 1.165) is 22.4 Å². The number of aromatic nitrogens is 3. The van der Waals surface area contributed by atoms with Crippen molar-refractivity contribution in [2.45, 2.75) is 27.3 Å². The molecule has 5 rings (SSSR count). The minimum Gasteiger partial charge on any atom is -0.454 e. The van der Waals surface area contributed by atoms with Crippen LogP contribution in [0.25, 0.3) is 23.0 Å². The van der Waals surface area contributed by atoms with Crippen LogP contribution in [0.5, 0.6) is 11.5 Å². The van der Waals surface area contributed by atoms with Crippen LogP contribution >= 0.6 is 0 Å². The molecule has 1 amide bonds. The van der Waals surface area contributed by atoms with E-state index >= 15 is 0 Å². The van der Waals surface area contributed by atoms with Crippen LogP contribution in [-0.2, 0) is 11.3 Å². The SMILES string of the molecule is Cc1cc(C)c(NC(=O)Cn2cccc2-c2nc(-c3ccc4c(c3)OCO4)no2)c(C)c1. The number of anilines is 1. The van der Waals surface area contributed by atoms with E-state index < -0.39 is 0 Å². The fraction of sp³-hybridized carbons (Fsp3) is 0.208. The molecule has 2 aromatic carbocycles. The number of hydrogen-bond acceptors (Lipinski definition) is 6. The Balaban J connectivity index is 1.35. The second kappa shape index (κ2) is 7.88. The van der Waals surface area contributed by atoms with Gasteiger partial charge in [-0.3, -0.25) is 4.79 Å². The average Bonchev–Trinajstić information content (AvgIpc) is 3.50. The van der Waals surface area contributed by atoms with Gasteiger partial charge in [0.05, 0.1) is 0 Å². The Morgan fingerprint density at radius 2 is 1.84 bits per heavy atom. The molecule has 1 aliphatic heterocycles. The molecule has 8 nitrogen and oxygen atoms in total. The summed E-state index contributed by atoms with van der Waals surface area (Å²) in [6, 6.07) is 13.3. The van der Waals surface area contributed by atoms with Crippen molar-refractivity contribution in [1.29, 1.82) is 0 Å². The third-order valence-electron chi connectivity index (χ3n) is 5.36. The molecular formula is C24H22N4O4. The molecule has 162 valence electrons. The molecular weight excluding hydrogens is 408 g/mol. The molecule has 1 N–H and O–H groups in total. The molecule has 0 saturated carbocycles. The first kappa shape index (κ1) is 19.9. The van der Waals surface area contributed by atoms with Gasteiger partial charge < -0.3 is 23.9 Å². The van der Waals surface area contributed by atoms with Crippen molar-refractivity contribution in [3.8, 4) is 34.5 Å². The number of rotatable bonds is 5. The molecule has 4 aromatic rings. The molecule has 0 unspecified atom stereocenters. The van der Waals surface area contributed by atoms with E-state index in [1.807, 2.05) is 57.3 Å². The molecule has 0 aliphatic carbocycles. The zero-order valence-electron chi connectivity index (χ0n) is 18.0. The van der Waals surface area contributed by atoms with Crippen molar-refractivity contribution in [1.82, 2.24) is 14.7 Å². The van der Waals surface area contributed by atoms with Gasteiger partial charge in [0, 0.05) is 17.4 Å². The minimum absolute atomic E-state index is 0.122. The van der Waals surface area contributed by atoms with E-state index in [-0.39, 0.29) is 19.2 Å². The maximum atomic E-state index is 12.8. The number of fused-ring (bicyclic) bond motifs is 1. The zero-order valence-corrected chi connectivity index (χ0v) is 18.0. The number of carbonyl (C=O) groups is 1. The van der Waals surface area contributed by atoms with E-state index in [9.17, 15) is 4.79 Å². The molecule has 2 aromatic heterocycles. The fourth-order valence-electron chi connectivity index (χ4n) is 3.94. The highest BCUT2D eigenvalue weighted by Gasteiger charge is 2.19. The van der Waals surface area contributed by atoms with Gasteiger partial charge in [0.2, 0.25) is 18.5 Å². The summed E-state index contributed by atoms with van der Waals surface area (Å²) in [5, 5.41) is 7.12. The van der Waals surface area contributed by atoms with E-state index in [1.165, 1.54) is 5.56 Å². The van der Waals surface area contributed by atoms with Gasteiger partial charge in [-0.15, -0.1) is 0 Å². The number of amides is 1. The molecule has 0 bridgehead atoms. The Bertz CT molecular complexity index is 1300. The fourth-order valence-corrected chi connectivity index (χ4v) is 3.94. The van der Waals surface area contributed by atoms with Crippen LogP contribution in [0, 0.1) is 20.8 Å². The Labute approximate surface area is 184 Å². The van der Waals surface area contributed by atoms with Crippen LogP contribution in [0.4, 0.5) is 5.69 Å². The summed E-state index contributed by atoms with van der Waals surface area (Å²) < 4.78 is 18.0. The third kappa shape index (κ3) is 3.71. The van der Waals surface area contributed by atoms with E-state index in [1.54, 1.807) is 4.57 Å². The smallest absolute Gasteiger partial charge is 0.274 e. The van der Waals surface area contributed by atoms with Gasteiger partial charge in [-0.2, -0.15) is 4.98 Å². The second-order valence-corrected chi connectivity index (χ2v) is 7.83. The molecule has 0 atom stereocenters. The van der Waals surface area contributed by atoms with Crippen molar-refractivity contribution in [2.24, 2.45) is 0 Å². The first-order valence-electron chi connectivity index (χ1n) is 10.2. The summed E-state index contributed by atoms with van der Waals surface area (Å²) in [5.41, 5.74) is 5.50. The second-order valence-electron chi connectivity index (χ2n) is 7.83. The molecule has 0 fully saturated rings. The van der Waals surface area contributed by atoms with Crippen molar-refractivity contribution in [3.05, 3.63) is 65.4 Å². The summed E-state index contributed by atoms with van der Waals surface area (Å²) >= 11 is 0. The van der Waals surface area contributed by atoms with Crippen LogP contribution in [0.3, 0.4) is 0 Å². The number of nitrogens with zero attached hydrogens (tertiary/aromatic N) is 3. The predicted molar refractivity (Wildman–Crippen MR) is 119 cm³/mol. The summed E-state index contributed by atoms with van der Waals surface area (Å²) in [4.78, 5) is 17.3. The van der Waals surface area contributed by atoms with Gasteiger partial charge in [0.25, 0.3) is 5.89 Å². The van der Waals surface area contributed by atoms with Gasteiger partial charge >= 0.3 is 0 Å². The standard InChI is InChI=1S/C24H22N4O4/c1-14-9-15(2)22(16(3)10-14)25-21(29)12-28-8-4-5-18(28)24-26-23(27-32-24)17-6-7-19-20(11-17)31-13-30-19/h4-11H,12-13H2,1-3H3,(H,25,29). The van der Waals surface area contributed by atoms with Gasteiger partial charge in [-0.05, 0) is 62.2 Å². The zero-order chi connectivity index (χ0) is 22.2. The number of hydrogen-bond donors (Lipinski definition) is 1. The first-order valence-corrected chi connectivity index (χ1v) is 10.2. The highest BCUT2D eigenvalue weighted by atomic mass is 16.7. The van der Waals surface area contributed by atoms with Gasteiger partial charge in [0.1, 0.15) is 12.2 Å². The van der Waals surface area contributed by atoms with E-state index in [0.29, 0.717) is 28.9 Å². The van der Waals surface area contributed by atoms with Crippen LogP contribution in [-0.4, -0.2) is 27.4 Å². The lowest BCUT2D eigenvalue weighted by Crippen LogP contribution is -2.20. The maximum absolute atomic E-state index is 12.8. The maximum Gasteiger partial charge on any atom is 0.274 e. The largest absolute Gasteiger partial charge is 0.454 e. The summed E-state index contributed by atoms with van der Waals surface area (Å²) in [7, 11) is 0. The van der Waals surface area contributed by atoms with Gasteiger partial charge in [-0.1, -0.05) is 22.9 Å². The van der Waals surface area contributed by atoms with Crippen molar-refractivity contribution in [3.63, 3.8) is 0 Å². The summed E-state index contributed by atoms with van der Waals surface area (Å²) in [6.07, 6.45) is 1.81. The lowest BCUT2D eigenvalue weighted by Gasteiger charge is -2.13. The lowest BCUT2D eigenvalue weighted by atomic mass is 10.1. The third-order valence-corrected chi connectivity index (χ3v) is 5.36. The van der Waals surface area contributed by atoms with Crippen molar-refractivity contribution < 1.29 is 18.8 Å². The van der Waals surface area contributed by atoms with E-state index in [2.05, 4.69) is 27.6 Å². The summed E-state index contributed by atoms with van der Waals surface area (Å²) in [6.45, 7) is 6.35.